The van der Waals surface area contributed by atoms with Gasteiger partial charge in [-0.1, -0.05) is 6.92 Å². The van der Waals surface area contributed by atoms with E-state index < -0.39 is 0 Å². The fraction of sp³-hybridized carbons (Fsp3) is 0.444. The number of aromatic nitrogens is 1. The summed E-state index contributed by atoms with van der Waals surface area (Å²) < 4.78 is 0. The molecule has 2 nitrogen and oxygen atoms in total. The second-order valence-electron chi connectivity index (χ2n) is 2.53. The van der Waals surface area contributed by atoms with Crippen molar-refractivity contribution in [3.8, 4) is 0 Å². The van der Waals surface area contributed by atoms with E-state index in [0.29, 0.717) is 6.04 Å². The monoisotopic (exact) mass is 150 g/mol. The van der Waals surface area contributed by atoms with Crippen molar-refractivity contribution < 1.29 is 0 Å². The second-order valence-corrected chi connectivity index (χ2v) is 2.53. The summed E-state index contributed by atoms with van der Waals surface area (Å²) in [5.41, 5.74) is 1.31. The van der Waals surface area contributed by atoms with Gasteiger partial charge in [-0.2, -0.15) is 0 Å². The highest BCUT2D eigenvalue weighted by Gasteiger charge is 2.03. The van der Waals surface area contributed by atoms with Crippen molar-refractivity contribution in [2.24, 2.45) is 0 Å². The van der Waals surface area contributed by atoms with Crippen LogP contribution in [-0.2, 0) is 0 Å². The Morgan fingerprint density at radius 3 is 2.55 bits per heavy atom. The molecule has 60 valence electrons. The van der Waals surface area contributed by atoms with Gasteiger partial charge in [-0.05, 0) is 31.2 Å². The van der Waals surface area contributed by atoms with Gasteiger partial charge in [-0.15, -0.1) is 0 Å². The highest BCUT2D eigenvalue weighted by molar-refractivity contribution is 5.14. The van der Waals surface area contributed by atoms with Crippen LogP contribution in [0.4, 0.5) is 0 Å². The lowest BCUT2D eigenvalue weighted by molar-refractivity contribution is 0.576. The van der Waals surface area contributed by atoms with Gasteiger partial charge >= 0.3 is 0 Å². The van der Waals surface area contributed by atoms with Gasteiger partial charge in [-0.25, -0.2) is 0 Å². The average molecular weight is 150 g/mol. The van der Waals surface area contributed by atoms with E-state index in [9.17, 15) is 0 Å². The van der Waals surface area contributed by atoms with Crippen LogP contribution in [0.1, 0.15) is 24.9 Å². The van der Waals surface area contributed by atoms with Crippen LogP contribution in [0, 0.1) is 0 Å². The SMILES string of the molecule is CCC(NC)c1ccncc1. The Labute approximate surface area is 67.7 Å². The molecule has 0 aliphatic rings. The zero-order valence-corrected chi connectivity index (χ0v) is 7.04. The van der Waals surface area contributed by atoms with E-state index in [4.69, 9.17) is 0 Å². The number of hydrogen-bond donors (Lipinski definition) is 1. The first-order valence-corrected chi connectivity index (χ1v) is 3.95. The van der Waals surface area contributed by atoms with Crippen molar-refractivity contribution in [1.29, 1.82) is 0 Å². The van der Waals surface area contributed by atoms with Crippen molar-refractivity contribution in [1.82, 2.24) is 10.3 Å². The predicted octanol–water partition coefficient (Wildman–Crippen LogP) is 1.75. The third-order valence-electron chi connectivity index (χ3n) is 1.87. The quantitative estimate of drug-likeness (QED) is 0.710. The van der Waals surface area contributed by atoms with E-state index in [1.807, 2.05) is 31.6 Å². The minimum atomic E-state index is 0.470. The van der Waals surface area contributed by atoms with Crippen LogP contribution in [0.25, 0.3) is 0 Å². The molecule has 1 rings (SSSR count). The highest BCUT2D eigenvalue weighted by Crippen LogP contribution is 2.13. The topological polar surface area (TPSA) is 24.9 Å². The summed E-state index contributed by atoms with van der Waals surface area (Å²) in [5, 5.41) is 3.24. The summed E-state index contributed by atoms with van der Waals surface area (Å²) in [4.78, 5) is 3.97. The first-order valence-electron chi connectivity index (χ1n) is 3.95. The smallest absolute Gasteiger partial charge is 0.0316 e. The molecule has 0 amide bonds. The predicted molar refractivity (Wildman–Crippen MR) is 46.3 cm³/mol. The molecular weight excluding hydrogens is 136 g/mol. The minimum absolute atomic E-state index is 0.470. The van der Waals surface area contributed by atoms with E-state index in [0.717, 1.165) is 6.42 Å². The summed E-state index contributed by atoms with van der Waals surface area (Å²) in [6.07, 6.45) is 4.77. The molecule has 0 aliphatic carbocycles. The third-order valence-corrected chi connectivity index (χ3v) is 1.87. The lowest BCUT2D eigenvalue weighted by Crippen LogP contribution is -2.14. The Morgan fingerprint density at radius 2 is 2.09 bits per heavy atom. The maximum absolute atomic E-state index is 3.97. The Morgan fingerprint density at radius 1 is 1.45 bits per heavy atom. The molecule has 0 saturated heterocycles. The van der Waals surface area contributed by atoms with Crippen LogP contribution in [-0.4, -0.2) is 12.0 Å². The van der Waals surface area contributed by atoms with Gasteiger partial charge in [0.15, 0.2) is 0 Å². The molecule has 0 spiro atoms. The summed E-state index contributed by atoms with van der Waals surface area (Å²) in [5.74, 6) is 0. The highest BCUT2D eigenvalue weighted by atomic mass is 14.9. The molecule has 0 saturated carbocycles. The Kier molecular flexibility index (Phi) is 3.05. The van der Waals surface area contributed by atoms with Gasteiger partial charge < -0.3 is 5.32 Å². The molecule has 0 radical (unpaired) electrons. The molecule has 0 fully saturated rings. The molecule has 0 aliphatic heterocycles. The second kappa shape index (κ2) is 4.09. The van der Waals surface area contributed by atoms with Crippen LogP contribution in [0.5, 0.6) is 0 Å². The lowest BCUT2D eigenvalue weighted by Gasteiger charge is -2.12. The van der Waals surface area contributed by atoms with E-state index >= 15 is 0 Å². The molecule has 0 aromatic carbocycles. The maximum Gasteiger partial charge on any atom is 0.0316 e. The summed E-state index contributed by atoms with van der Waals surface area (Å²) >= 11 is 0. The standard InChI is InChI=1S/C9H14N2/c1-3-9(10-2)8-4-6-11-7-5-8/h4-7,9-10H,3H2,1-2H3. The van der Waals surface area contributed by atoms with Crippen molar-refractivity contribution in [2.45, 2.75) is 19.4 Å². The lowest BCUT2D eigenvalue weighted by atomic mass is 10.1. The van der Waals surface area contributed by atoms with Crippen molar-refractivity contribution in [2.75, 3.05) is 7.05 Å². The number of pyridine rings is 1. The summed E-state index contributed by atoms with van der Waals surface area (Å²) in [6, 6.07) is 4.56. The first-order chi connectivity index (χ1) is 5.38. The van der Waals surface area contributed by atoms with Gasteiger partial charge in [0, 0.05) is 18.4 Å². The van der Waals surface area contributed by atoms with E-state index in [1.54, 1.807) is 0 Å². The van der Waals surface area contributed by atoms with Gasteiger partial charge in [0.05, 0.1) is 0 Å². The van der Waals surface area contributed by atoms with Crippen molar-refractivity contribution >= 4 is 0 Å². The summed E-state index contributed by atoms with van der Waals surface area (Å²) in [6.45, 7) is 2.17. The van der Waals surface area contributed by atoms with Crippen LogP contribution in [0.3, 0.4) is 0 Å². The molecule has 11 heavy (non-hydrogen) atoms. The van der Waals surface area contributed by atoms with E-state index in [-0.39, 0.29) is 0 Å². The Hall–Kier alpha value is -0.890. The molecular formula is C9H14N2. The largest absolute Gasteiger partial charge is 0.313 e. The number of nitrogens with one attached hydrogen (secondary N) is 1. The minimum Gasteiger partial charge on any atom is -0.313 e. The van der Waals surface area contributed by atoms with E-state index in [2.05, 4.69) is 17.2 Å². The number of hydrogen-bond acceptors (Lipinski definition) is 2. The Balaban J connectivity index is 2.74. The van der Waals surface area contributed by atoms with E-state index in [1.165, 1.54) is 5.56 Å². The van der Waals surface area contributed by atoms with Crippen LogP contribution in [0.2, 0.25) is 0 Å². The molecule has 1 unspecified atom stereocenters. The summed E-state index contributed by atoms with van der Waals surface area (Å²) in [7, 11) is 1.98. The van der Waals surface area contributed by atoms with Crippen LogP contribution >= 0.6 is 0 Å². The van der Waals surface area contributed by atoms with Gasteiger partial charge in [0.25, 0.3) is 0 Å². The van der Waals surface area contributed by atoms with Crippen LogP contribution in [0.15, 0.2) is 24.5 Å². The van der Waals surface area contributed by atoms with Gasteiger partial charge in [0.1, 0.15) is 0 Å². The normalized spacial score (nSPS) is 12.9. The van der Waals surface area contributed by atoms with Gasteiger partial charge in [-0.3, -0.25) is 4.98 Å². The molecule has 1 aromatic heterocycles. The molecule has 2 heteroatoms. The zero-order valence-electron chi connectivity index (χ0n) is 7.04. The molecule has 1 aromatic rings. The van der Waals surface area contributed by atoms with Crippen molar-refractivity contribution in [3.63, 3.8) is 0 Å². The van der Waals surface area contributed by atoms with Crippen molar-refractivity contribution in [3.05, 3.63) is 30.1 Å². The third kappa shape index (κ3) is 2.02. The first kappa shape index (κ1) is 8.21. The average Bonchev–Trinajstić information content (AvgIpc) is 2.09. The fourth-order valence-corrected chi connectivity index (χ4v) is 1.20. The number of rotatable bonds is 3. The Bertz CT molecular complexity index is 192. The zero-order chi connectivity index (χ0) is 8.10. The fourth-order valence-electron chi connectivity index (χ4n) is 1.20. The molecule has 1 N–H and O–H groups in total. The van der Waals surface area contributed by atoms with Crippen LogP contribution < -0.4 is 5.32 Å². The number of nitrogens with zero attached hydrogens (tertiary/aromatic N) is 1. The molecule has 0 bridgehead atoms. The molecule has 1 atom stereocenters. The maximum atomic E-state index is 3.97. The van der Waals surface area contributed by atoms with Gasteiger partial charge in [0.2, 0.25) is 0 Å². The molecule has 1 heterocycles.